The summed E-state index contributed by atoms with van der Waals surface area (Å²) in [5.74, 6) is 1.42. The summed E-state index contributed by atoms with van der Waals surface area (Å²) in [6, 6.07) is 21.7. The van der Waals surface area contributed by atoms with E-state index in [-0.39, 0.29) is 6.10 Å². The van der Waals surface area contributed by atoms with E-state index in [1.54, 1.807) is 0 Å². The van der Waals surface area contributed by atoms with Crippen molar-refractivity contribution in [2.24, 2.45) is 4.99 Å². The molecule has 5 rings (SSSR count). The van der Waals surface area contributed by atoms with Gasteiger partial charge in [0.2, 0.25) is 0 Å². The lowest BCUT2D eigenvalue weighted by Gasteiger charge is -2.28. The fourth-order valence-electron chi connectivity index (χ4n) is 3.33. The Morgan fingerprint density at radius 1 is 0.893 bits per heavy atom. The van der Waals surface area contributed by atoms with E-state index in [9.17, 15) is 0 Å². The van der Waals surface area contributed by atoms with Crippen LogP contribution in [0.15, 0.2) is 71.7 Å². The van der Waals surface area contributed by atoms with Gasteiger partial charge in [0, 0.05) is 22.3 Å². The quantitative estimate of drug-likeness (QED) is 0.640. The molecule has 0 aromatic heterocycles. The van der Waals surface area contributed by atoms with Gasteiger partial charge < -0.3 is 19.5 Å². The first-order valence-corrected chi connectivity index (χ1v) is 9.40. The Morgan fingerprint density at radius 3 is 2.46 bits per heavy atom. The van der Waals surface area contributed by atoms with Crippen molar-refractivity contribution in [1.29, 1.82) is 0 Å². The van der Waals surface area contributed by atoms with Crippen LogP contribution in [0, 0.1) is 0 Å². The maximum Gasteiger partial charge on any atom is 0.295 e. The number of nitrogens with one attached hydrogen (secondary N) is 1. The molecule has 5 nitrogen and oxygen atoms in total. The van der Waals surface area contributed by atoms with Crippen LogP contribution >= 0.6 is 11.6 Å². The minimum Gasteiger partial charge on any atom is -0.486 e. The highest BCUT2D eigenvalue weighted by Crippen LogP contribution is 2.44. The van der Waals surface area contributed by atoms with Gasteiger partial charge >= 0.3 is 0 Å². The maximum atomic E-state index is 6.23. The van der Waals surface area contributed by atoms with E-state index in [0.717, 1.165) is 28.3 Å². The summed E-state index contributed by atoms with van der Waals surface area (Å²) in [5, 5.41) is 3.85. The molecule has 2 heterocycles. The molecule has 6 heteroatoms. The minimum atomic E-state index is -0.314. The van der Waals surface area contributed by atoms with Crippen LogP contribution in [0.1, 0.15) is 17.2 Å². The molecule has 3 aromatic carbocycles. The lowest BCUT2D eigenvalue weighted by molar-refractivity contribution is 0.170. The Morgan fingerprint density at radius 2 is 1.68 bits per heavy atom. The number of nitrogens with zero attached hydrogens (tertiary/aromatic N) is 1. The summed E-state index contributed by atoms with van der Waals surface area (Å²) in [6.45, 7) is 1.06. The van der Waals surface area contributed by atoms with Gasteiger partial charge in [0.25, 0.3) is 6.02 Å². The van der Waals surface area contributed by atoms with Gasteiger partial charge in [-0.3, -0.25) is 0 Å². The number of anilines is 1. The highest BCUT2D eigenvalue weighted by molar-refractivity contribution is 6.30. The van der Waals surface area contributed by atoms with Crippen LogP contribution in [-0.4, -0.2) is 19.2 Å². The molecular weight excluding hydrogens is 376 g/mol. The van der Waals surface area contributed by atoms with Crippen molar-refractivity contribution in [1.82, 2.24) is 0 Å². The first kappa shape index (κ1) is 17.0. The van der Waals surface area contributed by atoms with Gasteiger partial charge in [-0.1, -0.05) is 48.0 Å². The molecule has 1 N–H and O–H groups in total. The van der Waals surface area contributed by atoms with Crippen molar-refractivity contribution in [3.63, 3.8) is 0 Å². The second kappa shape index (κ2) is 7.09. The molecule has 140 valence electrons. The monoisotopic (exact) mass is 392 g/mol. The van der Waals surface area contributed by atoms with Gasteiger partial charge in [0.15, 0.2) is 17.6 Å². The highest BCUT2D eigenvalue weighted by atomic mass is 35.5. The molecule has 0 fully saturated rings. The van der Waals surface area contributed by atoms with E-state index in [4.69, 9.17) is 25.8 Å². The summed E-state index contributed by atoms with van der Waals surface area (Å²) in [6.07, 6.45) is -0.314. The Kier molecular flexibility index (Phi) is 4.29. The minimum absolute atomic E-state index is 0.314. The van der Waals surface area contributed by atoms with E-state index in [0.29, 0.717) is 30.0 Å². The average molecular weight is 393 g/mol. The van der Waals surface area contributed by atoms with Gasteiger partial charge in [-0.05, 0) is 29.8 Å². The third-order valence-corrected chi connectivity index (χ3v) is 4.84. The summed E-state index contributed by atoms with van der Waals surface area (Å²) in [5.41, 5.74) is 3.56. The molecule has 0 bridgehead atoms. The second-order valence-electron chi connectivity index (χ2n) is 6.52. The number of amidine groups is 1. The molecule has 0 aliphatic carbocycles. The molecule has 2 aliphatic rings. The average Bonchev–Trinajstić information content (AvgIpc) is 2.72. The van der Waals surface area contributed by atoms with Crippen LogP contribution in [0.5, 0.6) is 11.5 Å². The zero-order valence-corrected chi connectivity index (χ0v) is 15.6. The topological polar surface area (TPSA) is 52.1 Å². The van der Waals surface area contributed by atoms with Crippen molar-refractivity contribution < 1.29 is 14.2 Å². The first-order valence-electron chi connectivity index (χ1n) is 9.03. The van der Waals surface area contributed by atoms with Crippen molar-refractivity contribution >= 4 is 29.0 Å². The number of fused-ring (bicyclic) bond motifs is 2. The fraction of sp³-hybridized carbons (Fsp3) is 0.136. The number of benzene rings is 3. The summed E-state index contributed by atoms with van der Waals surface area (Å²) >= 11 is 6.10. The molecule has 28 heavy (non-hydrogen) atoms. The fourth-order valence-corrected chi connectivity index (χ4v) is 3.52. The molecule has 0 saturated heterocycles. The number of rotatable bonds is 2. The van der Waals surface area contributed by atoms with Gasteiger partial charge in [0.05, 0.1) is 5.69 Å². The zero-order chi connectivity index (χ0) is 18.9. The van der Waals surface area contributed by atoms with Crippen molar-refractivity contribution in [2.75, 3.05) is 18.5 Å². The van der Waals surface area contributed by atoms with Gasteiger partial charge in [0.1, 0.15) is 13.2 Å². The van der Waals surface area contributed by atoms with Crippen LogP contribution in [0.25, 0.3) is 0 Å². The molecule has 0 amide bonds. The molecule has 2 aliphatic heterocycles. The third-order valence-electron chi connectivity index (χ3n) is 4.60. The van der Waals surface area contributed by atoms with E-state index in [1.165, 1.54) is 0 Å². The number of hydrogen-bond donors (Lipinski definition) is 1. The lowest BCUT2D eigenvalue weighted by Crippen LogP contribution is -2.24. The molecule has 3 aromatic rings. The Bertz CT molecular complexity index is 1050. The normalized spacial score (nSPS) is 17.2. The van der Waals surface area contributed by atoms with E-state index in [1.807, 2.05) is 66.7 Å². The zero-order valence-electron chi connectivity index (χ0n) is 14.9. The molecule has 0 radical (unpaired) electrons. The van der Waals surface area contributed by atoms with Crippen LogP contribution in [0.3, 0.4) is 0 Å². The van der Waals surface area contributed by atoms with Crippen LogP contribution in [-0.2, 0) is 4.74 Å². The summed E-state index contributed by atoms with van der Waals surface area (Å²) in [7, 11) is 0. The van der Waals surface area contributed by atoms with Gasteiger partial charge in [-0.15, -0.1) is 0 Å². The smallest absolute Gasteiger partial charge is 0.295 e. The lowest BCUT2D eigenvalue weighted by atomic mass is 9.98. The van der Waals surface area contributed by atoms with Crippen LogP contribution < -0.4 is 14.8 Å². The SMILES string of the molecule is Clc1cccc(NC2=Nc3cc4c(cc3[C@@H](c3ccccc3)O2)OCCO4)c1. The predicted octanol–water partition coefficient (Wildman–Crippen LogP) is 5.33. The van der Waals surface area contributed by atoms with Gasteiger partial charge in [-0.25, -0.2) is 0 Å². The van der Waals surface area contributed by atoms with Crippen molar-refractivity contribution in [3.8, 4) is 11.5 Å². The summed E-state index contributed by atoms with van der Waals surface area (Å²) in [4.78, 5) is 4.66. The Balaban J connectivity index is 1.58. The third kappa shape index (κ3) is 3.25. The molecule has 1 atom stereocenters. The summed E-state index contributed by atoms with van der Waals surface area (Å²) < 4.78 is 17.7. The van der Waals surface area contributed by atoms with Crippen molar-refractivity contribution in [2.45, 2.75) is 6.10 Å². The highest BCUT2D eigenvalue weighted by Gasteiger charge is 2.29. The molecule has 0 saturated carbocycles. The first-order chi connectivity index (χ1) is 13.8. The van der Waals surface area contributed by atoms with E-state index in [2.05, 4.69) is 10.3 Å². The van der Waals surface area contributed by atoms with Gasteiger partial charge in [-0.2, -0.15) is 4.99 Å². The number of halogens is 1. The number of aliphatic imine (C=N–C) groups is 1. The number of ether oxygens (including phenoxy) is 3. The van der Waals surface area contributed by atoms with Crippen LogP contribution in [0.2, 0.25) is 5.02 Å². The molecule has 0 spiro atoms. The second-order valence-corrected chi connectivity index (χ2v) is 6.95. The Labute approximate surface area is 167 Å². The van der Waals surface area contributed by atoms with E-state index < -0.39 is 0 Å². The van der Waals surface area contributed by atoms with Crippen molar-refractivity contribution in [3.05, 3.63) is 82.9 Å². The number of hydrogen-bond acceptors (Lipinski definition) is 5. The largest absolute Gasteiger partial charge is 0.486 e. The van der Waals surface area contributed by atoms with E-state index >= 15 is 0 Å². The Hall–Kier alpha value is -3.18. The molecular formula is C22H17ClN2O3. The predicted molar refractivity (Wildman–Crippen MR) is 109 cm³/mol. The maximum absolute atomic E-state index is 6.23. The molecule has 0 unspecified atom stereocenters. The van der Waals surface area contributed by atoms with Crippen LogP contribution in [0.4, 0.5) is 11.4 Å². The standard InChI is InChI=1S/C22H17ClN2O3/c23-15-7-4-8-16(11-15)24-22-25-18-13-20-19(26-9-10-27-20)12-17(18)21(28-22)14-5-2-1-3-6-14/h1-8,11-13,21H,9-10H2,(H,24,25)/t21-/m1/s1.